The van der Waals surface area contributed by atoms with Crippen molar-refractivity contribution in [1.29, 1.82) is 0 Å². The fourth-order valence-corrected chi connectivity index (χ4v) is 4.63. The highest BCUT2D eigenvalue weighted by molar-refractivity contribution is 5.80. The highest BCUT2D eigenvalue weighted by Crippen LogP contribution is 2.30. The number of nitrogens with zero attached hydrogens (tertiary/aromatic N) is 7. The Morgan fingerprint density at radius 3 is 2.44 bits per heavy atom. The van der Waals surface area contributed by atoms with Crippen molar-refractivity contribution in [1.82, 2.24) is 39.3 Å². The predicted molar refractivity (Wildman–Crippen MR) is 144 cm³/mol. The van der Waals surface area contributed by atoms with Gasteiger partial charge in [0.25, 0.3) is 5.56 Å². The van der Waals surface area contributed by atoms with Crippen molar-refractivity contribution in [3.05, 3.63) is 80.8 Å². The summed E-state index contributed by atoms with van der Waals surface area (Å²) in [6.45, 7) is 1.98. The molecule has 3 aromatic heterocycles. The number of unbranched alkanes of at least 4 members (excludes halogenated alkanes) is 1. The maximum Gasteiger partial charge on any atom is 0.333 e. The summed E-state index contributed by atoms with van der Waals surface area (Å²) in [5.74, 6) is 0.610. The third-order valence-corrected chi connectivity index (χ3v) is 6.71. The van der Waals surface area contributed by atoms with E-state index in [-0.39, 0.29) is 5.52 Å². The molecule has 3 heterocycles. The van der Waals surface area contributed by atoms with Crippen LogP contribution in [-0.2, 0) is 36.1 Å². The number of benzene rings is 2. The molecule has 0 fully saturated rings. The van der Waals surface area contributed by atoms with Crippen LogP contribution >= 0.6 is 0 Å². The normalized spacial score (nSPS) is 11.3. The molecule has 0 aliphatic rings. The molecule has 0 spiro atoms. The minimum Gasteiger partial charge on any atom is -0.468 e. The van der Waals surface area contributed by atoms with Crippen LogP contribution in [0.3, 0.4) is 0 Å². The largest absolute Gasteiger partial charge is 0.468 e. The summed E-state index contributed by atoms with van der Waals surface area (Å²) in [4.78, 5) is 43.0. The van der Waals surface area contributed by atoms with Gasteiger partial charge in [-0.1, -0.05) is 61.9 Å². The van der Waals surface area contributed by atoms with Crippen LogP contribution in [-0.4, -0.2) is 52.4 Å². The summed E-state index contributed by atoms with van der Waals surface area (Å²) < 4.78 is 8.76. The van der Waals surface area contributed by atoms with E-state index in [9.17, 15) is 14.4 Å². The molecule has 0 aliphatic carbocycles. The van der Waals surface area contributed by atoms with Gasteiger partial charge in [-0.05, 0) is 33.5 Å². The number of carbonyl (C=O) groups excluding carboxylic acids is 1. The summed E-state index contributed by atoms with van der Waals surface area (Å²) in [6.07, 6.45) is 2.47. The minimum absolute atomic E-state index is 0.277. The highest BCUT2D eigenvalue weighted by Gasteiger charge is 2.21. The number of imidazole rings is 1. The van der Waals surface area contributed by atoms with Crippen molar-refractivity contribution < 1.29 is 9.53 Å². The van der Waals surface area contributed by atoms with Gasteiger partial charge in [-0.15, -0.1) is 5.10 Å². The average Bonchev–Trinajstić information content (AvgIpc) is 3.62. The van der Waals surface area contributed by atoms with Crippen LogP contribution in [0.2, 0.25) is 0 Å². The Labute approximate surface area is 222 Å². The zero-order valence-corrected chi connectivity index (χ0v) is 21.9. The lowest BCUT2D eigenvalue weighted by atomic mass is 9.98. The number of aromatic amines is 1. The number of methoxy groups -OCH3 is 1. The van der Waals surface area contributed by atoms with E-state index in [1.165, 1.54) is 11.7 Å². The summed E-state index contributed by atoms with van der Waals surface area (Å²) in [5, 5.41) is 14.2. The number of hydrogen-bond donors (Lipinski definition) is 1. The molecule has 0 radical (unpaired) electrons. The smallest absolute Gasteiger partial charge is 0.333 e. The molecule has 1 N–H and O–H groups in total. The fourth-order valence-electron chi connectivity index (χ4n) is 4.63. The van der Waals surface area contributed by atoms with Gasteiger partial charge in [0.1, 0.15) is 12.4 Å². The van der Waals surface area contributed by atoms with Gasteiger partial charge in [-0.25, -0.2) is 19.4 Å². The van der Waals surface area contributed by atoms with Crippen molar-refractivity contribution in [3.8, 4) is 22.5 Å². The van der Waals surface area contributed by atoms with Crippen molar-refractivity contribution in [2.45, 2.75) is 39.3 Å². The van der Waals surface area contributed by atoms with E-state index in [0.29, 0.717) is 30.3 Å². The molecule has 0 atom stereocenters. The second kappa shape index (κ2) is 10.9. The maximum atomic E-state index is 13.5. The number of carbonyl (C=O) groups is 1. The third kappa shape index (κ3) is 4.88. The number of fused-ring (bicyclic) bond motifs is 1. The van der Waals surface area contributed by atoms with Crippen LogP contribution in [0.15, 0.2) is 58.1 Å². The highest BCUT2D eigenvalue weighted by atomic mass is 16.5. The Kier molecular flexibility index (Phi) is 7.17. The van der Waals surface area contributed by atoms with Crippen molar-refractivity contribution >= 4 is 17.1 Å². The van der Waals surface area contributed by atoms with E-state index in [1.807, 2.05) is 53.1 Å². The molecule has 5 rings (SSSR count). The van der Waals surface area contributed by atoms with Gasteiger partial charge in [-0.3, -0.25) is 14.2 Å². The number of H-pyrrole nitrogens is 1. The van der Waals surface area contributed by atoms with Gasteiger partial charge in [0.05, 0.1) is 7.11 Å². The van der Waals surface area contributed by atoms with Crippen LogP contribution in [0.5, 0.6) is 0 Å². The molecule has 200 valence electrons. The molecule has 0 amide bonds. The van der Waals surface area contributed by atoms with Crippen molar-refractivity contribution in [2.75, 3.05) is 7.11 Å². The Morgan fingerprint density at radius 1 is 1.03 bits per heavy atom. The lowest BCUT2D eigenvalue weighted by molar-refractivity contribution is -0.141. The van der Waals surface area contributed by atoms with E-state index in [4.69, 9.17) is 4.74 Å². The first-order valence-electron chi connectivity index (χ1n) is 12.6. The maximum absolute atomic E-state index is 13.5. The Morgan fingerprint density at radius 2 is 1.77 bits per heavy atom. The van der Waals surface area contributed by atoms with Gasteiger partial charge >= 0.3 is 11.7 Å². The molecule has 0 aliphatic heterocycles. The summed E-state index contributed by atoms with van der Waals surface area (Å²) in [7, 11) is 2.77. The molecule has 0 bridgehead atoms. The molecule has 39 heavy (non-hydrogen) atoms. The second-order valence-corrected chi connectivity index (χ2v) is 9.19. The fraction of sp³-hybridized carbons (Fsp3) is 0.296. The van der Waals surface area contributed by atoms with Gasteiger partial charge in [0.2, 0.25) is 0 Å². The number of ether oxygens (including phenoxy) is 1. The van der Waals surface area contributed by atoms with Gasteiger partial charge in [0, 0.05) is 25.6 Å². The summed E-state index contributed by atoms with van der Waals surface area (Å²) in [6, 6.07) is 15.8. The van der Waals surface area contributed by atoms with Crippen LogP contribution in [0.4, 0.5) is 0 Å². The topological polar surface area (TPSA) is 143 Å². The van der Waals surface area contributed by atoms with E-state index < -0.39 is 23.8 Å². The Hall–Kier alpha value is -4.87. The van der Waals surface area contributed by atoms with Gasteiger partial charge in [0.15, 0.2) is 17.0 Å². The molecule has 0 unspecified atom stereocenters. The molecule has 12 heteroatoms. The summed E-state index contributed by atoms with van der Waals surface area (Å²) >= 11 is 0. The SMILES string of the molecule is CCCCc1nc2c(c(=O)n(CC(=O)OC)c(=O)n2C)n1Cc1ccc(-c2ccccc2-c2nnn[nH]2)cc1. The molecular weight excluding hydrogens is 500 g/mol. The first-order valence-corrected chi connectivity index (χ1v) is 12.6. The molecule has 12 nitrogen and oxygen atoms in total. The number of aromatic nitrogens is 8. The average molecular weight is 529 g/mol. The first-order chi connectivity index (χ1) is 18.9. The van der Waals surface area contributed by atoms with Crippen LogP contribution in [0.25, 0.3) is 33.7 Å². The molecule has 0 saturated carbocycles. The van der Waals surface area contributed by atoms with Crippen molar-refractivity contribution in [3.63, 3.8) is 0 Å². The van der Waals surface area contributed by atoms with Crippen molar-refractivity contribution in [2.24, 2.45) is 7.05 Å². The van der Waals surface area contributed by atoms with E-state index >= 15 is 0 Å². The number of aryl methyl sites for hydroxylation is 2. The first kappa shape index (κ1) is 25.8. The molecule has 5 aromatic rings. The van der Waals surface area contributed by atoms with Crippen LogP contribution in [0, 0.1) is 0 Å². The molecule has 2 aromatic carbocycles. The van der Waals surface area contributed by atoms with Gasteiger partial charge < -0.3 is 9.30 Å². The Bertz CT molecular complexity index is 1750. The van der Waals surface area contributed by atoms with Crippen LogP contribution < -0.4 is 11.2 Å². The number of nitrogens with one attached hydrogen (secondary N) is 1. The zero-order chi connectivity index (χ0) is 27.5. The van der Waals surface area contributed by atoms with E-state index in [2.05, 4.69) is 32.5 Å². The third-order valence-electron chi connectivity index (χ3n) is 6.71. The second-order valence-electron chi connectivity index (χ2n) is 9.19. The lowest BCUT2D eigenvalue weighted by Crippen LogP contribution is -2.41. The zero-order valence-electron chi connectivity index (χ0n) is 21.9. The quantitative estimate of drug-likeness (QED) is 0.287. The summed E-state index contributed by atoms with van der Waals surface area (Å²) in [5.41, 5.74) is 3.17. The predicted octanol–water partition coefficient (Wildman–Crippen LogP) is 2.31. The number of tetrazole rings is 1. The van der Waals surface area contributed by atoms with E-state index in [1.54, 1.807) is 7.05 Å². The Balaban J connectivity index is 1.57. The van der Waals surface area contributed by atoms with Gasteiger partial charge in [-0.2, -0.15) is 0 Å². The molecular formula is C27H28N8O4. The monoisotopic (exact) mass is 528 g/mol. The molecule has 0 saturated heterocycles. The number of rotatable bonds is 9. The lowest BCUT2D eigenvalue weighted by Gasteiger charge is -2.12. The van der Waals surface area contributed by atoms with E-state index in [0.717, 1.165) is 39.7 Å². The standard InChI is InChI=1S/C27H28N8O4/c1-4-5-10-21-28-25-23(26(37)35(16-22(36)39-3)27(38)33(25)2)34(21)15-17-11-13-18(14-12-17)19-8-6-7-9-20(19)24-29-31-32-30-24/h6-9,11-14H,4-5,10,15-16H2,1-3H3,(H,29,30,31,32). The minimum atomic E-state index is -0.678. The number of hydrogen-bond acceptors (Lipinski definition) is 8. The van der Waals surface area contributed by atoms with Crippen LogP contribution in [0.1, 0.15) is 31.2 Å². The number of esters is 1.